The second-order valence-electron chi connectivity index (χ2n) is 8.17. The number of nitrogens with two attached hydrogens (primary N) is 1. The Labute approximate surface area is 174 Å². The van der Waals surface area contributed by atoms with Crippen molar-refractivity contribution in [2.75, 3.05) is 38.5 Å². The van der Waals surface area contributed by atoms with Crippen LogP contribution < -0.4 is 5.73 Å². The van der Waals surface area contributed by atoms with Gasteiger partial charge in [0.15, 0.2) is 0 Å². The highest BCUT2D eigenvalue weighted by Gasteiger charge is 2.15. The second-order valence-corrected chi connectivity index (χ2v) is 8.17. The lowest BCUT2D eigenvalue weighted by Gasteiger charge is -2.30. The summed E-state index contributed by atoms with van der Waals surface area (Å²) in [4.78, 5) is 11.9. The molecule has 0 radical (unpaired) electrons. The first-order valence-electron chi connectivity index (χ1n) is 10.9. The highest BCUT2D eigenvalue weighted by atomic mass is 16.5. The van der Waals surface area contributed by atoms with Gasteiger partial charge >= 0.3 is 0 Å². The normalized spacial score (nSPS) is 16.6. The van der Waals surface area contributed by atoms with E-state index < -0.39 is 0 Å². The molecule has 0 amide bonds. The van der Waals surface area contributed by atoms with Crippen molar-refractivity contribution in [2.45, 2.75) is 52.9 Å². The Balaban J connectivity index is 1.69. The fraction of sp³-hybridized carbons (Fsp3) is 0.565. The Bertz CT molecular complexity index is 856. The molecule has 0 saturated carbocycles. The summed E-state index contributed by atoms with van der Waals surface area (Å²) in [6, 6.07) is 6.54. The van der Waals surface area contributed by atoms with Gasteiger partial charge in [0.25, 0.3) is 0 Å². The van der Waals surface area contributed by atoms with Crippen molar-refractivity contribution < 1.29 is 5.21 Å². The minimum Gasteiger partial charge on any atom is -0.382 e. The molecule has 6 nitrogen and oxygen atoms in total. The van der Waals surface area contributed by atoms with Crippen molar-refractivity contribution in [2.24, 2.45) is 4.99 Å². The average molecular weight is 398 g/mol. The van der Waals surface area contributed by atoms with E-state index in [0.29, 0.717) is 5.82 Å². The first-order chi connectivity index (χ1) is 14.0. The third-order valence-electron chi connectivity index (χ3n) is 5.79. The molecule has 6 heteroatoms. The molecule has 1 saturated heterocycles. The number of hydrogen-bond acceptors (Lipinski definition) is 6. The summed E-state index contributed by atoms with van der Waals surface area (Å²) in [5.74, 6) is 0.518. The summed E-state index contributed by atoms with van der Waals surface area (Å²) >= 11 is 0. The number of aliphatic imine (C=N–C) groups is 1. The standard InChI is InChI=1S/C23H35N5O/c1-4-5-7-17(2)25-22-18(3)20-10-9-19(16-21(20)26-23(22)24)8-6-11-27-12-14-28(29)15-13-27/h9-10,16,29H,4-8,11-15H2,1-3H3,(H2,24,26). The van der Waals surface area contributed by atoms with E-state index in [1.54, 1.807) is 0 Å². The van der Waals surface area contributed by atoms with Crippen LogP contribution in [-0.2, 0) is 6.42 Å². The molecule has 158 valence electrons. The van der Waals surface area contributed by atoms with Gasteiger partial charge in [0.2, 0.25) is 0 Å². The highest BCUT2D eigenvalue weighted by molar-refractivity contribution is 5.93. The van der Waals surface area contributed by atoms with Crippen molar-refractivity contribution in [3.63, 3.8) is 0 Å². The lowest BCUT2D eigenvalue weighted by molar-refractivity contribution is -0.117. The molecule has 0 atom stereocenters. The fourth-order valence-electron chi connectivity index (χ4n) is 3.93. The molecule has 1 aromatic heterocycles. The molecule has 0 unspecified atom stereocenters. The maximum atomic E-state index is 9.46. The molecule has 0 bridgehead atoms. The number of hydrogen-bond donors (Lipinski definition) is 2. The highest BCUT2D eigenvalue weighted by Crippen LogP contribution is 2.32. The number of pyridine rings is 1. The maximum absolute atomic E-state index is 9.46. The number of nitrogen functional groups attached to an aromatic ring is 1. The Hall–Kier alpha value is -2.02. The van der Waals surface area contributed by atoms with Gasteiger partial charge in [0.1, 0.15) is 11.5 Å². The number of aromatic nitrogens is 1. The topological polar surface area (TPSA) is 78.0 Å². The van der Waals surface area contributed by atoms with Gasteiger partial charge in [-0.2, -0.15) is 5.06 Å². The van der Waals surface area contributed by atoms with E-state index in [2.05, 4.69) is 48.9 Å². The van der Waals surface area contributed by atoms with Crippen LogP contribution in [0.4, 0.5) is 11.5 Å². The van der Waals surface area contributed by atoms with Gasteiger partial charge in [-0.1, -0.05) is 25.5 Å². The van der Waals surface area contributed by atoms with E-state index in [4.69, 9.17) is 10.7 Å². The number of piperazine rings is 1. The summed E-state index contributed by atoms with van der Waals surface area (Å²) in [5.41, 5.74) is 11.6. The number of rotatable bonds is 8. The monoisotopic (exact) mass is 397 g/mol. The van der Waals surface area contributed by atoms with Crippen molar-refractivity contribution in [3.8, 4) is 0 Å². The summed E-state index contributed by atoms with van der Waals surface area (Å²) < 4.78 is 0. The van der Waals surface area contributed by atoms with E-state index in [0.717, 1.165) is 92.7 Å². The molecule has 1 aliphatic heterocycles. The zero-order valence-corrected chi connectivity index (χ0v) is 18.1. The molecule has 2 aromatic rings. The van der Waals surface area contributed by atoms with Crippen LogP contribution in [0.5, 0.6) is 0 Å². The number of nitrogens with zero attached hydrogens (tertiary/aromatic N) is 4. The van der Waals surface area contributed by atoms with Crippen LogP contribution in [0, 0.1) is 6.92 Å². The van der Waals surface area contributed by atoms with E-state index in [-0.39, 0.29) is 0 Å². The van der Waals surface area contributed by atoms with Crippen molar-refractivity contribution in [1.29, 1.82) is 0 Å². The largest absolute Gasteiger partial charge is 0.382 e. The summed E-state index contributed by atoms with van der Waals surface area (Å²) in [5, 5.41) is 12.0. The SMILES string of the molecule is CCCCC(C)=Nc1c(N)nc2cc(CCCN3CCN(O)CC3)ccc2c1C. The van der Waals surface area contributed by atoms with Gasteiger partial charge in [0, 0.05) is 37.3 Å². The lowest BCUT2D eigenvalue weighted by atomic mass is 10.0. The quantitative estimate of drug-likeness (QED) is 0.648. The Kier molecular flexibility index (Phi) is 7.58. The molecule has 1 fully saturated rings. The first kappa shape index (κ1) is 21.7. The minimum atomic E-state index is 0.518. The smallest absolute Gasteiger partial charge is 0.150 e. The summed E-state index contributed by atoms with van der Waals surface area (Å²) in [6.07, 6.45) is 5.43. The number of aryl methyl sites for hydroxylation is 2. The van der Waals surface area contributed by atoms with Gasteiger partial charge in [-0.25, -0.2) is 4.98 Å². The maximum Gasteiger partial charge on any atom is 0.150 e. The fourth-order valence-corrected chi connectivity index (χ4v) is 3.93. The Morgan fingerprint density at radius 3 is 2.69 bits per heavy atom. The lowest BCUT2D eigenvalue weighted by Crippen LogP contribution is -2.45. The van der Waals surface area contributed by atoms with Crippen molar-refractivity contribution in [1.82, 2.24) is 14.9 Å². The zero-order valence-electron chi connectivity index (χ0n) is 18.1. The average Bonchev–Trinajstić information content (AvgIpc) is 2.71. The molecular weight excluding hydrogens is 362 g/mol. The third-order valence-corrected chi connectivity index (χ3v) is 5.79. The number of hydroxylamine groups is 2. The second kappa shape index (κ2) is 10.1. The molecule has 2 heterocycles. The molecule has 3 N–H and O–H groups in total. The van der Waals surface area contributed by atoms with Crippen LogP contribution in [0.2, 0.25) is 0 Å². The van der Waals surface area contributed by atoms with E-state index >= 15 is 0 Å². The number of benzene rings is 1. The van der Waals surface area contributed by atoms with Crippen LogP contribution in [0.1, 0.15) is 50.7 Å². The van der Waals surface area contributed by atoms with E-state index in [1.165, 1.54) is 10.6 Å². The van der Waals surface area contributed by atoms with Crippen LogP contribution in [-0.4, -0.2) is 58.6 Å². The molecule has 1 aromatic carbocycles. The van der Waals surface area contributed by atoms with Gasteiger partial charge in [0.05, 0.1) is 5.52 Å². The first-order valence-corrected chi connectivity index (χ1v) is 10.9. The minimum absolute atomic E-state index is 0.518. The molecule has 1 aliphatic rings. The number of fused-ring (bicyclic) bond motifs is 1. The van der Waals surface area contributed by atoms with Crippen molar-refractivity contribution in [3.05, 3.63) is 29.3 Å². The predicted molar refractivity (Wildman–Crippen MR) is 121 cm³/mol. The zero-order chi connectivity index (χ0) is 20.8. The third kappa shape index (κ3) is 5.75. The van der Waals surface area contributed by atoms with Crippen LogP contribution in [0.25, 0.3) is 10.9 Å². The van der Waals surface area contributed by atoms with Gasteiger partial charge in [-0.05, 0) is 63.3 Å². The Morgan fingerprint density at radius 1 is 1.21 bits per heavy atom. The van der Waals surface area contributed by atoms with Gasteiger partial charge < -0.3 is 15.8 Å². The van der Waals surface area contributed by atoms with Gasteiger partial charge in [-0.3, -0.25) is 4.99 Å². The predicted octanol–water partition coefficient (Wildman–Crippen LogP) is 4.35. The molecule has 0 spiro atoms. The molecular formula is C23H35N5O. The van der Waals surface area contributed by atoms with Crippen LogP contribution in [0.3, 0.4) is 0 Å². The summed E-state index contributed by atoms with van der Waals surface area (Å²) in [7, 11) is 0. The molecule has 29 heavy (non-hydrogen) atoms. The van der Waals surface area contributed by atoms with E-state index in [9.17, 15) is 5.21 Å². The van der Waals surface area contributed by atoms with Crippen molar-refractivity contribution >= 4 is 28.1 Å². The van der Waals surface area contributed by atoms with Crippen LogP contribution >= 0.6 is 0 Å². The van der Waals surface area contributed by atoms with Gasteiger partial charge in [-0.15, -0.1) is 0 Å². The van der Waals surface area contributed by atoms with Crippen LogP contribution in [0.15, 0.2) is 23.2 Å². The molecule has 0 aliphatic carbocycles. The molecule has 3 rings (SSSR count). The number of anilines is 1. The van der Waals surface area contributed by atoms with E-state index in [1.807, 2.05) is 0 Å². The Morgan fingerprint density at radius 2 is 1.97 bits per heavy atom. The summed E-state index contributed by atoms with van der Waals surface area (Å²) in [6.45, 7) is 10.8. The number of unbranched alkanes of at least 4 members (excludes halogenated alkanes) is 1.